The van der Waals surface area contributed by atoms with Crippen molar-refractivity contribution < 1.29 is 4.39 Å². The minimum atomic E-state index is -0.168. The van der Waals surface area contributed by atoms with Crippen LogP contribution >= 0.6 is 0 Å². The fourth-order valence-electron chi connectivity index (χ4n) is 2.49. The Hall–Kier alpha value is -1.71. The maximum Gasteiger partial charge on any atom is 0.137 e. The summed E-state index contributed by atoms with van der Waals surface area (Å²) >= 11 is 0. The minimum Gasteiger partial charge on any atom is -0.314 e. The van der Waals surface area contributed by atoms with Crippen LogP contribution in [0.15, 0.2) is 24.3 Å². The number of halogens is 1. The lowest BCUT2D eigenvalue weighted by Gasteiger charge is -2.20. The van der Waals surface area contributed by atoms with Gasteiger partial charge in [0.1, 0.15) is 17.5 Å². The highest BCUT2D eigenvalue weighted by Gasteiger charge is 2.20. The molecule has 0 spiro atoms. The highest BCUT2D eigenvalue weighted by Crippen LogP contribution is 2.21. The van der Waals surface area contributed by atoms with E-state index in [1.54, 1.807) is 6.07 Å². The molecule has 1 aromatic heterocycles. The van der Waals surface area contributed by atoms with Gasteiger partial charge in [-0.2, -0.15) is 0 Å². The van der Waals surface area contributed by atoms with E-state index in [9.17, 15) is 4.39 Å². The van der Waals surface area contributed by atoms with Gasteiger partial charge in [0.15, 0.2) is 0 Å². The smallest absolute Gasteiger partial charge is 0.137 e. The number of aromatic nitrogens is 3. The van der Waals surface area contributed by atoms with Crippen LogP contribution in [0.25, 0.3) is 0 Å². The first-order valence-electron chi connectivity index (χ1n) is 6.38. The van der Waals surface area contributed by atoms with Crippen LogP contribution in [0.3, 0.4) is 0 Å². The van der Waals surface area contributed by atoms with E-state index < -0.39 is 0 Å². The van der Waals surface area contributed by atoms with Crippen molar-refractivity contribution in [1.29, 1.82) is 0 Å². The van der Waals surface area contributed by atoms with Gasteiger partial charge < -0.3 is 4.57 Å². The van der Waals surface area contributed by atoms with Gasteiger partial charge in [-0.05, 0) is 24.0 Å². The quantitative estimate of drug-likeness (QED) is 0.814. The molecule has 1 aromatic carbocycles. The van der Waals surface area contributed by atoms with Crippen molar-refractivity contribution in [3.8, 4) is 0 Å². The first-order valence-corrected chi connectivity index (χ1v) is 6.38. The van der Waals surface area contributed by atoms with Crippen molar-refractivity contribution in [3.63, 3.8) is 0 Å². The summed E-state index contributed by atoms with van der Waals surface area (Å²) in [5, 5.41) is 8.42. The predicted octanol–water partition coefficient (Wildman–Crippen LogP) is 2.59. The minimum absolute atomic E-state index is 0.168. The van der Waals surface area contributed by atoms with Gasteiger partial charge in [0.05, 0.1) is 0 Å². The highest BCUT2D eigenvalue weighted by atomic mass is 19.1. The number of aryl methyl sites for hydroxylation is 1. The fourth-order valence-corrected chi connectivity index (χ4v) is 2.49. The first-order chi connectivity index (χ1) is 8.74. The molecule has 1 atom stereocenters. The highest BCUT2D eigenvalue weighted by molar-refractivity contribution is 5.21. The molecule has 0 fully saturated rings. The molecule has 1 unspecified atom stereocenters. The third-order valence-corrected chi connectivity index (χ3v) is 3.57. The molecule has 0 radical (unpaired) electrons. The molecular formula is C14H16FN3. The molecule has 0 N–H and O–H groups in total. The Morgan fingerprint density at radius 1 is 1.33 bits per heavy atom. The van der Waals surface area contributed by atoms with Crippen molar-refractivity contribution in [3.05, 3.63) is 47.3 Å². The fraction of sp³-hybridized carbons (Fsp3) is 0.429. The van der Waals surface area contributed by atoms with E-state index in [1.165, 1.54) is 6.07 Å². The summed E-state index contributed by atoms with van der Waals surface area (Å²) in [4.78, 5) is 0. The lowest BCUT2D eigenvalue weighted by molar-refractivity contribution is 0.387. The molecule has 0 saturated carbocycles. The Morgan fingerprint density at radius 2 is 2.17 bits per heavy atom. The molecule has 2 aromatic rings. The zero-order valence-electron chi connectivity index (χ0n) is 10.4. The third kappa shape index (κ3) is 2.03. The van der Waals surface area contributed by atoms with Gasteiger partial charge >= 0.3 is 0 Å². The van der Waals surface area contributed by atoms with Gasteiger partial charge in [0.25, 0.3) is 0 Å². The van der Waals surface area contributed by atoms with Gasteiger partial charge in [0.2, 0.25) is 0 Å². The number of hydrogen-bond donors (Lipinski definition) is 0. The SMILES string of the molecule is CC1CCc2nnc(Cc3ccccc3F)n2C1. The van der Waals surface area contributed by atoms with Crippen LogP contribution in [-0.2, 0) is 19.4 Å². The summed E-state index contributed by atoms with van der Waals surface area (Å²) in [6.45, 7) is 3.18. The average Bonchev–Trinajstić information content (AvgIpc) is 2.75. The molecule has 94 valence electrons. The van der Waals surface area contributed by atoms with Crippen molar-refractivity contribution in [2.75, 3.05) is 0 Å². The van der Waals surface area contributed by atoms with Crippen LogP contribution in [0.4, 0.5) is 4.39 Å². The van der Waals surface area contributed by atoms with Gasteiger partial charge in [-0.1, -0.05) is 25.1 Å². The van der Waals surface area contributed by atoms with Crippen molar-refractivity contribution in [2.24, 2.45) is 5.92 Å². The van der Waals surface area contributed by atoms with E-state index in [4.69, 9.17) is 0 Å². The topological polar surface area (TPSA) is 30.7 Å². The first kappa shape index (κ1) is 11.4. The van der Waals surface area contributed by atoms with Crippen LogP contribution in [0.5, 0.6) is 0 Å². The number of rotatable bonds is 2. The van der Waals surface area contributed by atoms with E-state index in [-0.39, 0.29) is 5.82 Å². The maximum absolute atomic E-state index is 13.6. The maximum atomic E-state index is 13.6. The summed E-state index contributed by atoms with van der Waals surface area (Å²) in [6, 6.07) is 6.86. The molecule has 3 rings (SSSR count). The van der Waals surface area contributed by atoms with Crippen LogP contribution < -0.4 is 0 Å². The molecule has 18 heavy (non-hydrogen) atoms. The van der Waals surface area contributed by atoms with Gasteiger partial charge in [0, 0.05) is 19.4 Å². The molecular weight excluding hydrogens is 229 g/mol. The van der Waals surface area contributed by atoms with Crippen LogP contribution in [0, 0.1) is 11.7 Å². The standard InChI is InChI=1S/C14H16FN3/c1-10-6-7-13-16-17-14(18(13)9-10)8-11-4-2-3-5-12(11)15/h2-5,10H,6-9H2,1H3. The molecule has 1 aliphatic heterocycles. The normalized spacial score (nSPS) is 18.7. The average molecular weight is 245 g/mol. The van der Waals surface area contributed by atoms with Gasteiger partial charge in [-0.3, -0.25) is 0 Å². The lowest BCUT2D eigenvalue weighted by Crippen LogP contribution is -2.20. The second-order valence-corrected chi connectivity index (χ2v) is 5.06. The Labute approximate surface area is 106 Å². The van der Waals surface area contributed by atoms with Crippen molar-refractivity contribution in [1.82, 2.24) is 14.8 Å². The number of hydrogen-bond acceptors (Lipinski definition) is 2. The number of fused-ring (bicyclic) bond motifs is 1. The third-order valence-electron chi connectivity index (χ3n) is 3.57. The largest absolute Gasteiger partial charge is 0.314 e. The molecule has 3 nitrogen and oxygen atoms in total. The summed E-state index contributed by atoms with van der Waals surface area (Å²) in [6.07, 6.45) is 2.66. The second kappa shape index (κ2) is 4.52. The van der Waals surface area contributed by atoms with Crippen LogP contribution in [0.1, 0.15) is 30.6 Å². The van der Waals surface area contributed by atoms with Crippen molar-refractivity contribution >= 4 is 0 Å². The Kier molecular flexibility index (Phi) is 2.86. The van der Waals surface area contributed by atoms with Crippen molar-refractivity contribution in [2.45, 2.75) is 32.7 Å². The zero-order valence-corrected chi connectivity index (χ0v) is 10.4. The molecule has 0 bridgehead atoms. The Morgan fingerprint density at radius 3 is 3.00 bits per heavy atom. The predicted molar refractivity (Wildman–Crippen MR) is 66.7 cm³/mol. The number of nitrogens with zero attached hydrogens (tertiary/aromatic N) is 3. The van der Waals surface area contributed by atoms with E-state index in [0.717, 1.165) is 31.0 Å². The molecule has 0 aliphatic carbocycles. The summed E-state index contributed by atoms with van der Waals surface area (Å²) in [5.41, 5.74) is 0.686. The Bertz CT molecular complexity index is 562. The molecule has 0 amide bonds. The van der Waals surface area contributed by atoms with Crippen LogP contribution in [-0.4, -0.2) is 14.8 Å². The van der Waals surface area contributed by atoms with E-state index in [2.05, 4.69) is 21.7 Å². The molecule has 0 saturated heterocycles. The molecule has 4 heteroatoms. The van der Waals surface area contributed by atoms with Gasteiger partial charge in [-0.15, -0.1) is 10.2 Å². The summed E-state index contributed by atoms with van der Waals surface area (Å²) in [5.74, 6) is 2.40. The zero-order chi connectivity index (χ0) is 12.5. The van der Waals surface area contributed by atoms with E-state index in [0.29, 0.717) is 17.9 Å². The van der Waals surface area contributed by atoms with Crippen LogP contribution in [0.2, 0.25) is 0 Å². The summed E-state index contributed by atoms with van der Waals surface area (Å²) < 4.78 is 15.8. The Balaban J connectivity index is 1.90. The monoisotopic (exact) mass is 245 g/mol. The second-order valence-electron chi connectivity index (χ2n) is 5.06. The number of benzene rings is 1. The molecule has 2 heterocycles. The van der Waals surface area contributed by atoms with E-state index in [1.807, 2.05) is 12.1 Å². The summed E-state index contributed by atoms with van der Waals surface area (Å²) in [7, 11) is 0. The molecule has 1 aliphatic rings. The lowest BCUT2D eigenvalue weighted by atomic mass is 10.0. The van der Waals surface area contributed by atoms with E-state index >= 15 is 0 Å². The van der Waals surface area contributed by atoms with Gasteiger partial charge in [-0.25, -0.2) is 4.39 Å².